The lowest BCUT2D eigenvalue weighted by Crippen LogP contribution is -2.08. The van der Waals surface area contributed by atoms with E-state index in [1.54, 1.807) is 36.4 Å². The highest BCUT2D eigenvalue weighted by Gasteiger charge is 2.28. The van der Waals surface area contributed by atoms with Crippen molar-refractivity contribution in [3.63, 3.8) is 0 Å². The van der Waals surface area contributed by atoms with Gasteiger partial charge >= 0.3 is 5.97 Å². The van der Waals surface area contributed by atoms with E-state index in [1.165, 1.54) is 26.4 Å². The zero-order valence-corrected chi connectivity index (χ0v) is 18.0. The van der Waals surface area contributed by atoms with Crippen molar-refractivity contribution in [3.8, 4) is 23.0 Å². The Morgan fingerprint density at radius 1 is 1.16 bits per heavy atom. The van der Waals surface area contributed by atoms with Crippen molar-refractivity contribution in [2.75, 3.05) is 14.2 Å². The summed E-state index contributed by atoms with van der Waals surface area (Å²) in [7, 11) is 3.05. The zero-order valence-electron chi connectivity index (χ0n) is 17.2. The second-order valence-electron chi connectivity index (χ2n) is 6.77. The van der Waals surface area contributed by atoms with Gasteiger partial charge in [-0.15, -0.1) is 0 Å². The molecule has 0 amide bonds. The van der Waals surface area contributed by atoms with Crippen LogP contribution in [0.3, 0.4) is 0 Å². The van der Waals surface area contributed by atoms with Crippen LogP contribution in [0.4, 0.5) is 0 Å². The fourth-order valence-electron chi connectivity index (χ4n) is 3.21. The highest BCUT2D eigenvalue weighted by atomic mass is 35.5. The van der Waals surface area contributed by atoms with E-state index >= 15 is 0 Å². The summed E-state index contributed by atoms with van der Waals surface area (Å²) in [5.41, 5.74) is 0.997. The highest BCUT2D eigenvalue weighted by Crippen LogP contribution is 2.37. The predicted octanol–water partition coefficient (Wildman–Crippen LogP) is 4.50. The number of rotatable bonds is 7. The molecule has 0 atom stereocenters. The average molecular weight is 456 g/mol. The van der Waals surface area contributed by atoms with E-state index < -0.39 is 5.97 Å². The number of aromatic nitrogens is 1. The molecule has 2 aromatic carbocycles. The highest BCUT2D eigenvalue weighted by molar-refractivity contribution is 6.29. The molecule has 1 aliphatic rings. The number of allylic oxidation sites excluding steroid dienone is 1. The SMILES string of the molecule is COc1cccc(/C=C2\Oc3cc(OC(=O)CCc4cc(Cl)no4)ccc3C2=O)c1OC. The van der Waals surface area contributed by atoms with E-state index in [-0.39, 0.29) is 28.9 Å². The fourth-order valence-corrected chi connectivity index (χ4v) is 3.37. The summed E-state index contributed by atoms with van der Waals surface area (Å²) in [5.74, 6) is 1.43. The van der Waals surface area contributed by atoms with Crippen molar-refractivity contribution in [1.82, 2.24) is 5.16 Å². The van der Waals surface area contributed by atoms with Crippen LogP contribution in [-0.2, 0) is 11.2 Å². The number of carbonyl (C=O) groups is 2. The van der Waals surface area contributed by atoms with E-state index in [1.807, 2.05) is 0 Å². The summed E-state index contributed by atoms with van der Waals surface area (Å²) in [4.78, 5) is 24.9. The number of methoxy groups -OCH3 is 2. The van der Waals surface area contributed by atoms with Gasteiger partial charge in [0, 0.05) is 24.1 Å². The van der Waals surface area contributed by atoms with Crippen LogP contribution in [0.2, 0.25) is 5.15 Å². The van der Waals surface area contributed by atoms with Crippen LogP contribution in [0, 0.1) is 0 Å². The first-order valence-electron chi connectivity index (χ1n) is 9.59. The van der Waals surface area contributed by atoms with Crippen molar-refractivity contribution < 1.29 is 33.1 Å². The average Bonchev–Trinajstić information content (AvgIpc) is 3.34. The van der Waals surface area contributed by atoms with Gasteiger partial charge in [-0.05, 0) is 24.3 Å². The summed E-state index contributed by atoms with van der Waals surface area (Å²) in [6.07, 6.45) is 1.95. The Hall–Kier alpha value is -3.78. The van der Waals surface area contributed by atoms with Crippen LogP contribution < -0.4 is 18.9 Å². The third-order valence-corrected chi connectivity index (χ3v) is 4.88. The molecule has 0 saturated carbocycles. The number of carbonyl (C=O) groups excluding carboxylic acids is 2. The Morgan fingerprint density at radius 3 is 2.72 bits per heavy atom. The topological polar surface area (TPSA) is 97.1 Å². The molecule has 8 nitrogen and oxygen atoms in total. The van der Waals surface area contributed by atoms with Gasteiger partial charge in [0.15, 0.2) is 22.4 Å². The maximum Gasteiger partial charge on any atom is 0.311 e. The van der Waals surface area contributed by atoms with Gasteiger partial charge in [-0.2, -0.15) is 0 Å². The normalized spacial score (nSPS) is 13.6. The minimum absolute atomic E-state index is 0.0726. The van der Waals surface area contributed by atoms with Crippen LogP contribution in [0.1, 0.15) is 28.1 Å². The molecule has 0 bridgehead atoms. The summed E-state index contributed by atoms with van der Waals surface area (Å²) in [6.45, 7) is 0. The number of Topliss-reactive ketones (excluding diaryl/α,β-unsaturated/α-hetero) is 1. The van der Waals surface area contributed by atoms with Crippen molar-refractivity contribution in [2.45, 2.75) is 12.8 Å². The second kappa shape index (κ2) is 9.15. The molecule has 1 aliphatic heterocycles. The van der Waals surface area contributed by atoms with E-state index in [4.69, 9.17) is 35.1 Å². The predicted molar refractivity (Wildman–Crippen MR) is 114 cm³/mol. The largest absolute Gasteiger partial charge is 0.493 e. The Balaban J connectivity index is 1.48. The van der Waals surface area contributed by atoms with Gasteiger partial charge in [-0.25, -0.2) is 0 Å². The first kappa shape index (κ1) is 21.5. The molecule has 4 rings (SSSR count). The third-order valence-electron chi connectivity index (χ3n) is 4.70. The lowest BCUT2D eigenvalue weighted by atomic mass is 10.1. The van der Waals surface area contributed by atoms with Crippen LogP contribution in [0.5, 0.6) is 23.0 Å². The van der Waals surface area contributed by atoms with E-state index in [9.17, 15) is 9.59 Å². The summed E-state index contributed by atoms with van der Waals surface area (Å²) in [5, 5.41) is 3.78. The van der Waals surface area contributed by atoms with E-state index in [0.29, 0.717) is 40.6 Å². The molecule has 0 spiro atoms. The third kappa shape index (κ3) is 4.45. The second-order valence-corrected chi connectivity index (χ2v) is 7.16. The number of esters is 1. The quantitative estimate of drug-likeness (QED) is 0.292. The van der Waals surface area contributed by atoms with Crippen LogP contribution in [0.15, 0.2) is 52.7 Å². The standard InChI is InChI=1S/C23H18ClNO7/c1-28-17-5-3-4-13(23(17)29-2)10-19-22(27)16-8-6-14(11-18(16)31-19)30-21(26)9-7-15-12-20(24)25-32-15/h3-6,8,10-12H,7,9H2,1-2H3/b19-10-. The summed E-state index contributed by atoms with van der Waals surface area (Å²) in [6, 6.07) is 11.4. The molecule has 9 heteroatoms. The first-order chi connectivity index (χ1) is 15.5. The molecular formula is C23H18ClNO7. The molecular weight excluding hydrogens is 438 g/mol. The van der Waals surface area contributed by atoms with Gasteiger partial charge < -0.3 is 23.5 Å². The number of hydrogen-bond acceptors (Lipinski definition) is 8. The molecule has 0 radical (unpaired) electrons. The van der Waals surface area contributed by atoms with Crippen molar-refractivity contribution >= 4 is 29.4 Å². The number of ether oxygens (including phenoxy) is 4. The van der Waals surface area contributed by atoms with Crippen molar-refractivity contribution in [3.05, 3.63) is 70.3 Å². The Morgan fingerprint density at radius 2 is 2.00 bits per heavy atom. The Bertz CT molecular complexity index is 1210. The zero-order chi connectivity index (χ0) is 22.7. The number of benzene rings is 2. The molecule has 32 heavy (non-hydrogen) atoms. The van der Waals surface area contributed by atoms with Crippen molar-refractivity contribution in [2.24, 2.45) is 0 Å². The minimum atomic E-state index is -0.473. The minimum Gasteiger partial charge on any atom is -0.493 e. The molecule has 1 aromatic heterocycles. The maximum absolute atomic E-state index is 12.7. The Kier molecular flexibility index (Phi) is 6.13. The molecule has 0 aliphatic carbocycles. The molecule has 0 unspecified atom stereocenters. The van der Waals surface area contributed by atoms with Gasteiger partial charge in [-0.3, -0.25) is 9.59 Å². The molecule has 0 fully saturated rings. The lowest BCUT2D eigenvalue weighted by molar-refractivity contribution is -0.134. The fraction of sp³-hybridized carbons (Fsp3) is 0.174. The molecule has 164 valence electrons. The number of fused-ring (bicyclic) bond motifs is 1. The lowest BCUT2D eigenvalue weighted by Gasteiger charge is -2.10. The van der Waals surface area contributed by atoms with Gasteiger partial charge in [0.05, 0.1) is 26.2 Å². The van der Waals surface area contributed by atoms with Gasteiger partial charge in [0.1, 0.15) is 17.3 Å². The number of hydrogen-bond donors (Lipinski definition) is 0. The van der Waals surface area contributed by atoms with Crippen LogP contribution in [-0.4, -0.2) is 31.1 Å². The van der Waals surface area contributed by atoms with Gasteiger partial charge in [-0.1, -0.05) is 28.9 Å². The van der Waals surface area contributed by atoms with Gasteiger partial charge in [0.25, 0.3) is 0 Å². The van der Waals surface area contributed by atoms with Crippen molar-refractivity contribution in [1.29, 1.82) is 0 Å². The number of para-hydroxylation sites is 1. The first-order valence-corrected chi connectivity index (χ1v) is 9.97. The maximum atomic E-state index is 12.7. The number of aryl methyl sites for hydroxylation is 1. The summed E-state index contributed by atoms with van der Waals surface area (Å²) >= 11 is 5.69. The van der Waals surface area contributed by atoms with Crippen LogP contribution in [0.25, 0.3) is 6.08 Å². The number of halogens is 1. The van der Waals surface area contributed by atoms with Gasteiger partial charge in [0.2, 0.25) is 5.78 Å². The molecule has 0 N–H and O–H groups in total. The van der Waals surface area contributed by atoms with Crippen LogP contribution >= 0.6 is 11.6 Å². The van der Waals surface area contributed by atoms with E-state index in [2.05, 4.69) is 5.16 Å². The smallest absolute Gasteiger partial charge is 0.311 e. The summed E-state index contributed by atoms with van der Waals surface area (Å²) < 4.78 is 26.7. The monoisotopic (exact) mass is 455 g/mol. The number of ketones is 1. The van der Waals surface area contributed by atoms with E-state index in [0.717, 1.165) is 0 Å². The number of nitrogens with zero attached hydrogens (tertiary/aromatic N) is 1. The molecule has 0 saturated heterocycles. The Labute approximate surface area is 188 Å². The molecule has 2 heterocycles. The molecule has 3 aromatic rings.